The first-order valence-corrected chi connectivity index (χ1v) is 10.6. The molecule has 6 nitrogen and oxygen atoms in total. The van der Waals surface area contributed by atoms with E-state index in [4.69, 9.17) is 0 Å². The molecule has 0 aliphatic carbocycles. The lowest BCUT2D eigenvalue weighted by Gasteiger charge is -2.31. The summed E-state index contributed by atoms with van der Waals surface area (Å²) in [6.45, 7) is 8.57. The summed E-state index contributed by atoms with van der Waals surface area (Å²) >= 11 is 0. The Labute approximate surface area is 156 Å². The molecule has 1 aromatic rings. The number of carbonyl (C=O) groups excluding carboxylic acids is 1. The van der Waals surface area contributed by atoms with Crippen LogP contribution >= 0.6 is 0 Å². The number of benzene rings is 1. The highest BCUT2D eigenvalue weighted by Gasteiger charge is 2.29. The first-order valence-electron chi connectivity index (χ1n) is 9.10. The maximum absolute atomic E-state index is 12.5. The van der Waals surface area contributed by atoms with Gasteiger partial charge in [0.1, 0.15) is 0 Å². The van der Waals surface area contributed by atoms with Gasteiger partial charge in [0.25, 0.3) is 5.91 Å². The summed E-state index contributed by atoms with van der Waals surface area (Å²) in [5, 5.41) is 4.30. The first kappa shape index (κ1) is 20.6. The third kappa shape index (κ3) is 6.23. The second-order valence-corrected chi connectivity index (χ2v) is 9.19. The van der Waals surface area contributed by atoms with Gasteiger partial charge in [-0.1, -0.05) is 37.3 Å². The minimum atomic E-state index is -3.43. The van der Waals surface area contributed by atoms with Crippen LogP contribution in [-0.2, 0) is 14.8 Å². The van der Waals surface area contributed by atoms with E-state index in [9.17, 15) is 13.2 Å². The predicted molar refractivity (Wildman–Crippen MR) is 104 cm³/mol. The van der Waals surface area contributed by atoms with Crippen molar-refractivity contribution >= 4 is 22.0 Å². The first-order chi connectivity index (χ1) is 12.2. The van der Waals surface area contributed by atoms with Gasteiger partial charge in [-0.2, -0.15) is 4.31 Å². The lowest BCUT2D eigenvalue weighted by atomic mass is 10.0. The highest BCUT2D eigenvalue weighted by molar-refractivity contribution is 7.92. The van der Waals surface area contributed by atoms with Crippen LogP contribution in [0, 0.1) is 0 Å². The molecule has 0 spiro atoms. The molecular formula is C19H30N3O3S+. The maximum Gasteiger partial charge on any atom is 0.275 e. The second-order valence-electron chi connectivity index (χ2n) is 7.37. The van der Waals surface area contributed by atoms with Crippen LogP contribution in [0.3, 0.4) is 0 Å². The van der Waals surface area contributed by atoms with E-state index in [2.05, 4.69) is 5.32 Å². The molecule has 144 valence electrons. The SMILES string of the molecule is CCC(C)(C)NC(=O)C[NH+]1CCN(S(=O)(=O)/C=C/c2ccccc2)CC1. The fourth-order valence-electron chi connectivity index (χ4n) is 2.79. The number of hydrogen-bond acceptors (Lipinski definition) is 3. The van der Waals surface area contributed by atoms with Gasteiger partial charge in [0.15, 0.2) is 6.54 Å². The second kappa shape index (κ2) is 8.79. The largest absolute Gasteiger partial charge is 0.346 e. The van der Waals surface area contributed by atoms with Gasteiger partial charge < -0.3 is 10.2 Å². The Morgan fingerprint density at radius 3 is 2.42 bits per heavy atom. The van der Waals surface area contributed by atoms with Gasteiger partial charge in [0, 0.05) is 10.9 Å². The van der Waals surface area contributed by atoms with Gasteiger partial charge in [0.05, 0.1) is 26.2 Å². The molecule has 0 saturated carbocycles. The number of amides is 1. The molecule has 0 radical (unpaired) electrons. The van der Waals surface area contributed by atoms with Gasteiger partial charge >= 0.3 is 0 Å². The number of rotatable bonds is 7. The molecule has 1 aliphatic rings. The van der Waals surface area contributed by atoms with Crippen molar-refractivity contribution in [1.82, 2.24) is 9.62 Å². The van der Waals surface area contributed by atoms with E-state index in [1.54, 1.807) is 6.08 Å². The molecule has 26 heavy (non-hydrogen) atoms. The molecule has 0 bridgehead atoms. The van der Waals surface area contributed by atoms with Crippen LogP contribution in [0.1, 0.15) is 32.8 Å². The van der Waals surface area contributed by atoms with Crippen LogP contribution in [0.25, 0.3) is 6.08 Å². The molecule has 1 fully saturated rings. The van der Waals surface area contributed by atoms with Gasteiger partial charge in [0.2, 0.25) is 10.0 Å². The molecule has 1 heterocycles. The van der Waals surface area contributed by atoms with Crippen LogP contribution in [0.5, 0.6) is 0 Å². The Morgan fingerprint density at radius 2 is 1.85 bits per heavy atom. The lowest BCUT2D eigenvalue weighted by Crippen LogP contribution is -3.15. The summed E-state index contributed by atoms with van der Waals surface area (Å²) in [4.78, 5) is 13.3. The van der Waals surface area contributed by atoms with Crippen molar-refractivity contribution in [2.24, 2.45) is 0 Å². The third-order valence-corrected chi connectivity index (χ3v) is 6.36. The Morgan fingerprint density at radius 1 is 1.23 bits per heavy atom. The Hall–Kier alpha value is -1.70. The number of quaternary nitrogens is 1. The third-order valence-electron chi connectivity index (χ3n) is 4.79. The zero-order chi connectivity index (χ0) is 19.2. The molecule has 0 unspecified atom stereocenters. The minimum Gasteiger partial charge on any atom is -0.346 e. The fourth-order valence-corrected chi connectivity index (χ4v) is 3.98. The van der Waals surface area contributed by atoms with Crippen LogP contribution in [0.15, 0.2) is 35.7 Å². The Bertz CT molecular complexity index is 722. The van der Waals surface area contributed by atoms with E-state index >= 15 is 0 Å². The summed E-state index contributed by atoms with van der Waals surface area (Å²) in [5.41, 5.74) is 0.653. The van der Waals surface area contributed by atoms with Crippen molar-refractivity contribution in [2.75, 3.05) is 32.7 Å². The summed E-state index contributed by atoms with van der Waals surface area (Å²) < 4.78 is 26.4. The smallest absolute Gasteiger partial charge is 0.275 e. The lowest BCUT2D eigenvalue weighted by molar-refractivity contribution is -0.895. The molecule has 1 saturated heterocycles. The van der Waals surface area contributed by atoms with Crippen LogP contribution < -0.4 is 10.2 Å². The summed E-state index contributed by atoms with van der Waals surface area (Å²) in [6, 6.07) is 9.37. The monoisotopic (exact) mass is 380 g/mol. The molecule has 0 aromatic heterocycles. The van der Waals surface area contributed by atoms with Crippen LogP contribution in [0.2, 0.25) is 0 Å². The van der Waals surface area contributed by atoms with E-state index in [0.29, 0.717) is 32.7 Å². The van der Waals surface area contributed by atoms with Gasteiger partial charge in [-0.05, 0) is 31.9 Å². The summed E-state index contributed by atoms with van der Waals surface area (Å²) in [7, 11) is -3.43. The fraction of sp³-hybridized carbons (Fsp3) is 0.526. The average Bonchev–Trinajstić information content (AvgIpc) is 2.61. The van der Waals surface area contributed by atoms with Crippen LogP contribution in [-0.4, -0.2) is 56.9 Å². The number of sulfonamides is 1. The van der Waals surface area contributed by atoms with Gasteiger partial charge in [-0.3, -0.25) is 4.79 Å². The van der Waals surface area contributed by atoms with Gasteiger partial charge in [-0.15, -0.1) is 0 Å². The van der Waals surface area contributed by atoms with E-state index in [1.807, 2.05) is 51.1 Å². The number of nitrogens with one attached hydrogen (secondary N) is 2. The number of carbonyl (C=O) groups is 1. The maximum atomic E-state index is 12.5. The molecule has 1 aromatic carbocycles. The number of hydrogen-bond donors (Lipinski definition) is 2. The van der Waals surface area contributed by atoms with Crippen molar-refractivity contribution < 1.29 is 18.1 Å². The van der Waals surface area contributed by atoms with Crippen molar-refractivity contribution in [3.05, 3.63) is 41.3 Å². The molecule has 0 atom stereocenters. The number of piperazine rings is 1. The summed E-state index contributed by atoms with van der Waals surface area (Å²) in [5.74, 6) is 0.0205. The summed E-state index contributed by atoms with van der Waals surface area (Å²) in [6.07, 6.45) is 2.49. The molecular weight excluding hydrogens is 350 g/mol. The minimum absolute atomic E-state index is 0.0205. The van der Waals surface area contributed by atoms with E-state index in [0.717, 1.165) is 16.9 Å². The zero-order valence-electron chi connectivity index (χ0n) is 15.9. The Kier molecular flexibility index (Phi) is 6.97. The number of nitrogens with zero attached hydrogens (tertiary/aromatic N) is 1. The normalized spacial score (nSPS) is 17.5. The van der Waals surface area contributed by atoms with E-state index in [1.165, 1.54) is 9.71 Å². The molecule has 7 heteroatoms. The topological polar surface area (TPSA) is 70.9 Å². The molecule has 2 rings (SSSR count). The van der Waals surface area contributed by atoms with Crippen LogP contribution in [0.4, 0.5) is 0 Å². The molecule has 1 amide bonds. The van der Waals surface area contributed by atoms with Crippen molar-refractivity contribution in [2.45, 2.75) is 32.7 Å². The standard InChI is InChI=1S/C19H29N3O3S/c1-4-19(2,3)20-18(23)16-21-11-13-22(14-12-21)26(24,25)15-10-17-8-6-5-7-9-17/h5-10,15H,4,11-14,16H2,1-3H3,(H,20,23)/p+1/b15-10+. The molecule has 1 aliphatic heterocycles. The van der Waals surface area contributed by atoms with E-state index in [-0.39, 0.29) is 11.4 Å². The van der Waals surface area contributed by atoms with Crippen molar-refractivity contribution in [3.63, 3.8) is 0 Å². The average molecular weight is 381 g/mol. The van der Waals surface area contributed by atoms with E-state index < -0.39 is 10.0 Å². The highest BCUT2D eigenvalue weighted by Crippen LogP contribution is 2.08. The van der Waals surface area contributed by atoms with Gasteiger partial charge in [-0.25, -0.2) is 8.42 Å². The zero-order valence-corrected chi connectivity index (χ0v) is 16.7. The molecule has 2 N–H and O–H groups in total. The predicted octanol–water partition coefficient (Wildman–Crippen LogP) is 0.492. The Balaban J connectivity index is 1.85. The van der Waals surface area contributed by atoms with Crippen molar-refractivity contribution in [1.29, 1.82) is 0 Å². The quantitative estimate of drug-likeness (QED) is 0.723. The highest BCUT2D eigenvalue weighted by atomic mass is 32.2. The van der Waals surface area contributed by atoms with Crippen molar-refractivity contribution in [3.8, 4) is 0 Å².